The number of fused-ring (bicyclic) bond motifs is 10. The second-order valence-electron chi connectivity index (χ2n) is 13.3. The van der Waals surface area contributed by atoms with Gasteiger partial charge in [0.1, 0.15) is 0 Å². The minimum atomic E-state index is -3.70. The van der Waals surface area contributed by atoms with Crippen molar-refractivity contribution < 1.29 is 4.42 Å². The Morgan fingerprint density at radius 2 is 1.12 bits per heavy atom. The van der Waals surface area contributed by atoms with Gasteiger partial charge in [-0.3, -0.25) is 0 Å². The number of hydrogen-bond acceptors (Lipinski definition) is 3. The molecule has 0 spiro atoms. The summed E-state index contributed by atoms with van der Waals surface area (Å²) in [6.45, 7) is 0. The summed E-state index contributed by atoms with van der Waals surface area (Å²) < 4.78 is 14.3. The molecule has 0 aliphatic carbocycles. The number of hydrogen-bond donors (Lipinski definition) is 0. The monoisotopic (exact) mass is 713 g/mol. The van der Waals surface area contributed by atoms with Gasteiger partial charge in [0.05, 0.1) is 0 Å². The number of nitrogens with zero attached hydrogens (tertiary/aromatic N) is 3. The van der Waals surface area contributed by atoms with Gasteiger partial charge in [-0.2, -0.15) is 0 Å². The van der Waals surface area contributed by atoms with Crippen molar-refractivity contribution >= 4 is 74.7 Å². The van der Waals surface area contributed by atoms with E-state index in [1.54, 1.807) is 0 Å². The average molecular weight is 712 g/mol. The number of aromatic nitrogens is 3. The molecule has 1 aliphatic heterocycles. The van der Waals surface area contributed by atoms with Crippen molar-refractivity contribution in [2.24, 2.45) is 0 Å². The van der Waals surface area contributed by atoms with E-state index in [9.17, 15) is 0 Å². The average Bonchev–Trinajstić information content (AvgIpc) is 3.85. The fourth-order valence-electron chi connectivity index (χ4n) is 8.59. The third-order valence-electron chi connectivity index (χ3n) is 10.7. The molecule has 3 aromatic heterocycles. The Kier molecular flexibility index (Phi) is 6.10. The van der Waals surface area contributed by atoms with E-state index in [0.29, 0.717) is 0 Å². The third kappa shape index (κ3) is 3.91. The number of benzene rings is 7. The summed E-state index contributed by atoms with van der Waals surface area (Å²) in [6.07, 6.45) is 0. The van der Waals surface area contributed by atoms with E-state index < -0.39 is 13.3 Å². The standard InChI is InChI=1S/C46H29GeN3O/c1-4-16-30(17-5-1)45-48-44-42(35-23-10-13-25-37(35)47(44,31-18-6-2-7-19-31)32-20-8-3-9-21-32)46(49-45)50-38-26-14-11-24-36(38)41-39(50)29-28-34-33-22-12-15-27-40(33)51-43(34)41/h1-29H. The molecule has 4 heterocycles. The first-order chi connectivity index (χ1) is 25.3. The Morgan fingerprint density at radius 3 is 1.88 bits per heavy atom. The molecule has 0 saturated carbocycles. The van der Waals surface area contributed by atoms with Gasteiger partial charge in [0, 0.05) is 0 Å². The van der Waals surface area contributed by atoms with Crippen molar-refractivity contribution in [2.45, 2.75) is 0 Å². The van der Waals surface area contributed by atoms with Gasteiger partial charge in [0.2, 0.25) is 0 Å². The zero-order valence-electron chi connectivity index (χ0n) is 27.5. The summed E-state index contributed by atoms with van der Waals surface area (Å²) in [6, 6.07) is 63.1. The Labute approximate surface area is 296 Å². The molecule has 1 aliphatic rings. The van der Waals surface area contributed by atoms with Crippen LogP contribution in [0.2, 0.25) is 0 Å². The molecular weight excluding hydrogens is 683 g/mol. The van der Waals surface area contributed by atoms with Gasteiger partial charge >= 0.3 is 298 Å². The molecule has 7 aromatic carbocycles. The normalized spacial score (nSPS) is 13.3. The molecule has 10 aromatic rings. The minimum absolute atomic E-state index is 0.731. The van der Waals surface area contributed by atoms with E-state index in [1.165, 1.54) is 18.8 Å². The summed E-state index contributed by atoms with van der Waals surface area (Å²) >= 11 is -3.70. The first kappa shape index (κ1) is 28.6. The SMILES string of the molecule is c1ccc(-c2nc(-n3c4ccccc4c4c5oc6ccccc6c5ccc43)c3[c](n2)[Ge]([c]2ccccc2)([c]2ccccc2)[c]2ccccc2-3)cc1. The van der Waals surface area contributed by atoms with Crippen LogP contribution in [0.3, 0.4) is 0 Å². The summed E-state index contributed by atoms with van der Waals surface area (Å²) in [7, 11) is 0. The molecule has 0 fully saturated rings. The van der Waals surface area contributed by atoms with Crippen molar-refractivity contribution in [1.82, 2.24) is 14.5 Å². The second kappa shape index (κ2) is 10.9. The number of rotatable bonds is 4. The van der Waals surface area contributed by atoms with Crippen molar-refractivity contribution in [2.75, 3.05) is 0 Å². The quantitative estimate of drug-likeness (QED) is 0.172. The first-order valence-electron chi connectivity index (χ1n) is 17.3. The molecule has 0 saturated heterocycles. The van der Waals surface area contributed by atoms with Crippen LogP contribution >= 0.6 is 0 Å². The Balaban J connectivity index is 1.35. The van der Waals surface area contributed by atoms with Gasteiger partial charge in [-0.1, -0.05) is 0 Å². The molecule has 0 amide bonds. The van der Waals surface area contributed by atoms with Crippen LogP contribution in [-0.4, -0.2) is 27.8 Å². The van der Waals surface area contributed by atoms with E-state index in [-0.39, 0.29) is 0 Å². The van der Waals surface area contributed by atoms with Gasteiger partial charge in [0.15, 0.2) is 0 Å². The molecule has 0 N–H and O–H groups in total. The molecule has 238 valence electrons. The van der Waals surface area contributed by atoms with Crippen LogP contribution in [0.25, 0.3) is 72.1 Å². The van der Waals surface area contributed by atoms with Crippen molar-refractivity contribution in [1.29, 1.82) is 0 Å². The van der Waals surface area contributed by atoms with Crippen LogP contribution in [-0.2, 0) is 0 Å². The van der Waals surface area contributed by atoms with E-state index in [2.05, 4.69) is 174 Å². The fraction of sp³-hybridized carbons (Fsp3) is 0. The van der Waals surface area contributed by atoms with Gasteiger partial charge in [-0.25, -0.2) is 0 Å². The second-order valence-corrected chi connectivity index (χ2v) is 21.0. The van der Waals surface area contributed by atoms with Crippen LogP contribution < -0.4 is 17.7 Å². The maximum absolute atomic E-state index is 6.68. The van der Waals surface area contributed by atoms with Crippen molar-refractivity contribution in [3.05, 3.63) is 176 Å². The molecule has 11 rings (SSSR count). The van der Waals surface area contributed by atoms with Crippen molar-refractivity contribution in [3.8, 4) is 28.3 Å². The zero-order chi connectivity index (χ0) is 33.5. The Bertz CT molecular complexity index is 2930. The molecule has 0 bridgehead atoms. The zero-order valence-corrected chi connectivity index (χ0v) is 29.6. The molecule has 4 nitrogen and oxygen atoms in total. The molecular formula is C46H29GeN3O. The van der Waals surface area contributed by atoms with Gasteiger partial charge < -0.3 is 0 Å². The predicted molar refractivity (Wildman–Crippen MR) is 212 cm³/mol. The van der Waals surface area contributed by atoms with Gasteiger partial charge in [-0.15, -0.1) is 0 Å². The topological polar surface area (TPSA) is 43.9 Å². The summed E-state index contributed by atoms with van der Waals surface area (Å²) in [4.78, 5) is 11.3. The Morgan fingerprint density at radius 1 is 0.490 bits per heavy atom. The molecule has 0 radical (unpaired) electrons. The van der Waals surface area contributed by atoms with Crippen LogP contribution in [0.1, 0.15) is 0 Å². The maximum atomic E-state index is 6.68. The van der Waals surface area contributed by atoms with Crippen LogP contribution in [0, 0.1) is 0 Å². The van der Waals surface area contributed by atoms with Crippen molar-refractivity contribution in [3.63, 3.8) is 0 Å². The first-order valence-corrected chi connectivity index (χ1v) is 21.5. The molecule has 0 unspecified atom stereocenters. The van der Waals surface area contributed by atoms with E-state index in [1.807, 2.05) is 6.07 Å². The van der Waals surface area contributed by atoms with Crippen LogP contribution in [0.15, 0.2) is 180 Å². The van der Waals surface area contributed by atoms with Crippen LogP contribution in [0.5, 0.6) is 0 Å². The fourth-order valence-corrected chi connectivity index (χ4v) is 19.1. The van der Waals surface area contributed by atoms with E-state index in [4.69, 9.17) is 14.4 Å². The molecule has 5 heteroatoms. The Hall–Kier alpha value is -6.24. The van der Waals surface area contributed by atoms with E-state index in [0.717, 1.165) is 71.0 Å². The predicted octanol–water partition coefficient (Wildman–Crippen LogP) is 8.50. The summed E-state index contributed by atoms with van der Waals surface area (Å²) in [5, 5.41) is 4.47. The summed E-state index contributed by atoms with van der Waals surface area (Å²) in [5.74, 6) is 1.63. The van der Waals surface area contributed by atoms with E-state index >= 15 is 0 Å². The number of para-hydroxylation sites is 2. The number of furan rings is 1. The van der Waals surface area contributed by atoms with Gasteiger partial charge in [-0.05, 0) is 0 Å². The summed E-state index contributed by atoms with van der Waals surface area (Å²) in [5.41, 5.74) is 7.26. The van der Waals surface area contributed by atoms with Crippen LogP contribution in [0.4, 0.5) is 0 Å². The molecule has 0 atom stereocenters. The molecule has 51 heavy (non-hydrogen) atoms. The third-order valence-corrected chi connectivity index (χ3v) is 20.6. The van der Waals surface area contributed by atoms with Gasteiger partial charge in [0.25, 0.3) is 0 Å².